The predicted molar refractivity (Wildman–Crippen MR) is 90.0 cm³/mol. The van der Waals surface area contributed by atoms with Crippen LogP contribution in [0.25, 0.3) is 6.08 Å². The lowest BCUT2D eigenvalue weighted by Crippen LogP contribution is -2.09. The largest absolute Gasteiger partial charge is 0.490 e. The Kier molecular flexibility index (Phi) is 5.80. The van der Waals surface area contributed by atoms with Gasteiger partial charge in [0, 0.05) is 6.08 Å². The summed E-state index contributed by atoms with van der Waals surface area (Å²) in [6.07, 6.45) is 2.63. The van der Waals surface area contributed by atoms with E-state index in [1.807, 2.05) is 44.2 Å². The van der Waals surface area contributed by atoms with Crippen LogP contribution in [0.4, 0.5) is 0 Å². The van der Waals surface area contributed by atoms with E-state index in [-0.39, 0.29) is 0 Å². The molecule has 0 aliphatic heterocycles. The van der Waals surface area contributed by atoms with Gasteiger partial charge in [-0.2, -0.15) is 0 Å². The normalized spacial score (nSPS) is 10.7. The summed E-state index contributed by atoms with van der Waals surface area (Å²) in [7, 11) is 0. The zero-order valence-corrected chi connectivity index (χ0v) is 13.3. The van der Waals surface area contributed by atoms with Crippen LogP contribution in [0.3, 0.4) is 0 Å². The van der Waals surface area contributed by atoms with E-state index >= 15 is 0 Å². The first-order valence-electron chi connectivity index (χ1n) is 7.38. The fourth-order valence-corrected chi connectivity index (χ4v) is 2.05. The third kappa shape index (κ3) is 5.51. The van der Waals surface area contributed by atoms with Gasteiger partial charge in [0.25, 0.3) is 0 Å². The van der Waals surface area contributed by atoms with E-state index in [1.165, 1.54) is 6.08 Å². The molecule has 2 rings (SSSR count). The lowest BCUT2D eigenvalue weighted by atomic mass is 10.1. The highest BCUT2D eigenvalue weighted by Crippen LogP contribution is 2.19. The van der Waals surface area contributed by atoms with E-state index in [2.05, 4.69) is 6.07 Å². The van der Waals surface area contributed by atoms with Crippen molar-refractivity contribution in [3.05, 3.63) is 65.2 Å². The third-order valence-electron chi connectivity index (χ3n) is 3.23. The molecule has 4 nitrogen and oxygen atoms in total. The third-order valence-corrected chi connectivity index (χ3v) is 3.23. The van der Waals surface area contributed by atoms with Crippen molar-refractivity contribution in [1.29, 1.82) is 0 Å². The van der Waals surface area contributed by atoms with Gasteiger partial charge >= 0.3 is 5.97 Å². The molecule has 0 radical (unpaired) electrons. The fourth-order valence-electron chi connectivity index (χ4n) is 2.05. The average Bonchev–Trinajstić information content (AvgIpc) is 2.53. The van der Waals surface area contributed by atoms with Gasteiger partial charge in [-0.05, 0) is 54.8 Å². The molecule has 1 N–H and O–H groups in total. The number of aryl methyl sites for hydroxylation is 2. The van der Waals surface area contributed by atoms with Crippen LogP contribution >= 0.6 is 0 Å². The lowest BCUT2D eigenvalue weighted by Gasteiger charge is -2.11. The Morgan fingerprint density at radius 3 is 2.65 bits per heavy atom. The van der Waals surface area contributed by atoms with Crippen molar-refractivity contribution in [3.8, 4) is 11.5 Å². The molecule has 0 unspecified atom stereocenters. The second-order valence-corrected chi connectivity index (χ2v) is 5.21. The topological polar surface area (TPSA) is 55.8 Å². The Morgan fingerprint density at radius 2 is 1.87 bits per heavy atom. The molecule has 0 atom stereocenters. The summed E-state index contributed by atoms with van der Waals surface area (Å²) < 4.78 is 11.4. The van der Waals surface area contributed by atoms with Gasteiger partial charge in [-0.3, -0.25) is 0 Å². The first-order chi connectivity index (χ1) is 11.0. The number of hydrogen-bond donors (Lipinski definition) is 1. The fraction of sp³-hybridized carbons (Fsp3) is 0.211. The maximum atomic E-state index is 10.5. The molecule has 120 valence electrons. The van der Waals surface area contributed by atoms with Gasteiger partial charge in [0.05, 0.1) is 0 Å². The van der Waals surface area contributed by atoms with Crippen LogP contribution in [-0.2, 0) is 4.79 Å². The molecule has 23 heavy (non-hydrogen) atoms. The molecule has 0 spiro atoms. The number of carboxylic acids is 1. The molecule has 0 aromatic heterocycles. The second-order valence-electron chi connectivity index (χ2n) is 5.21. The molecule has 4 heteroatoms. The lowest BCUT2D eigenvalue weighted by molar-refractivity contribution is -0.131. The number of aliphatic carboxylic acids is 1. The van der Waals surface area contributed by atoms with E-state index in [0.717, 1.165) is 28.5 Å². The summed E-state index contributed by atoms with van der Waals surface area (Å²) in [5.74, 6) is 0.576. The first-order valence-corrected chi connectivity index (χ1v) is 7.38. The number of carbonyl (C=O) groups is 1. The van der Waals surface area contributed by atoms with Crippen LogP contribution in [0.1, 0.15) is 16.7 Å². The molecule has 2 aromatic carbocycles. The molecule has 0 aliphatic rings. The second kappa shape index (κ2) is 8.03. The first kappa shape index (κ1) is 16.6. The van der Waals surface area contributed by atoms with Crippen molar-refractivity contribution < 1.29 is 19.4 Å². The van der Waals surface area contributed by atoms with Gasteiger partial charge in [-0.15, -0.1) is 0 Å². The van der Waals surface area contributed by atoms with Gasteiger partial charge in [-0.1, -0.05) is 24.3 Å². The number of hydrogen-bond acceptors (Lipinski definition) is 3. The van der Waals surface area contributed by atoms with Gasteiger partial charge in [-0.25, -0.2) is 4.79 Å². The summed E-state index contributed by atoms with van der Waals surface area (Å²) in [5, 5.41) is 8.63. The minimum absolute atomic E-state index is 0.416. The standard InChI is InChI=1S/C19H20O4/c1-14-6-7-15(2)18(12-14)23-11-10-22-17-5-3-4-16(13-17)8-9-19(20)21/h3-9,12-13H,10-11H2,1-2H3,(H,20,21). The Labute approximate surface area is 136 Å². The van der Waals surface area contributed by atoms with Gasteiger partial charge in [0.1, 0.15) is 24.7 Å². The predicted octanol–water partition coefficient (Wildman–Crippen LogP) is 3.86. The minimum Gasteiger partial charge on any atom is -0.490 e. The number of benzene rings is 2. The maximum absolute atomic E-state index is 10.5. The minimum atomic E-state index is -0.974. The van der Waals surface area contributed by atoms with Crippen LogP contribution in [0.2, 0.25) is 0 Å². The number of rotatable bonds is 7. The zero-order valence-electron chi connectivity index (χ0n) is 13.3. The Balaban J connectivity index is 1.85. The quantitative estimate of drug-likeness (QED) is 0.623. The molecule has 0 saturated carbocycles. The van der Waals surface area contributed by atoms with Crippen molar-refractivity contribution in [2.45, 2.75) is 13.8 Å². The highest BCUT2D eigenvalue weighted by molar-refractivity contribution is 5.85. The SMILES string of the molecule is Cc1ccc(C)c(OCCOc2cccc(C=CC(=O)O)c2)c1. The van der Waals surface area contributed by atoms with Gasteiger partial charge in [0.2, 0.25) is 0 Å². The van der Waals surface area contributed by atoms with Crippen LogP contribution in [0.15, 0.2) is 48.5 Å². The molecule has 0 heterocycles. The molecule has 0 fully saturated rings. The van der Waals surface area contributed by atoms with E-state index in [0.29, 0.717) is 19.0 Å². The van der Waals surface area contributed by atoms with Gasteiger partial charge < -0.3 is 14.6 Å². The van der Waals surface area contributed by atoms with Crippen molar-refractivity contribution in [2.75, 3.05) is 13.2 Å². The average molecular weight is 312 g/mol. The highest BCUT2D eigenvalue weighted by Gasteiger charge is 2.00. The molecule has 0 aliphatic carbocycles. The Bertz CT molecular complexity index is 704. The monoisotopic (exact) mass is 312 g/mol. The van der Waals surface area contributed by atoms with Crippen LogP contribution in [0, 0.1) is 13.8 Å². The van der Waals surface area contributed by atoms with Crippen molar-refractivity contribution in [3.63, 3.8) is 0 Å². The summed E-state index contributed by atoms with van der Waals surface area (Å²) in [4.78, 5) is 10.5. The summed E-state index contributed by atoms with van der Waals surface area (Å²) in [5.41, 5.74) is 3.03. The van der Waals surface area contributed by atoms with Crippen LogP contribution in [0.5, 0.6) is 11.5 Å². The van der Waals surface area contributed by atoms with E-state index in [9.17, 15) is 4.79 Å². The van der Waals surface area contributed by atoms with Crippen LogP contribution < -0.4 is 9.47 Å². The van der Waals surface area contributed by atoms with Crippen molar-refractivity contribution in [2.24, 2.45) is 0 Å². The Hall–Kier alpha value is -2.75. The molecular formula is C19H20O4. The highest BCUT2D eigenvalue weighted by atomic mass is 16.5. The van der Waals surface area contributed by atoms with Crippen molar-refractivity contribution >= 4 is 12.0 Å². The summed E-state index contributed by atoms with van der Waals surface area (Å²) >= 11 is 0. The number of ether oxygens (including phenoxy) is 2. The summed E-state index contributed by atoms with van der Waals surface area (Å²) in [6, 6.07) is 13.3. The molecule has 0 amide bonds. The summed E-state index contributed by atoms with van der Waals surface area (Å²) in [6.45, 7) is 4.89. The maximum Gasteiger partial charge on any atom is 0.328 e. The molecule has 0 saturated heterocycles. The van der Waals surface area contributed by atoms with Gasteiger partial charge in [0.15, 0.2) is 0 Å². The number of carboxylic acid groups (broad SMARTS) is 1. The molecule has 0 bridgehead atoms. The molecule has 2 aromatic rings. The van der Waals surface area contributed by atoms with E-state index in [1.54, 1.807) is 6.07 Å². The zero-order chi connectivity index (χ0) is 16.7. The smallest absolute Gasteiger partial charge is 0.328 e. The molecular weight excluding hydrogens is 292 g/mol. The van der Waals surface area contributed by atoms with Crippen LogP contribution in [-0.4, -0.2) is 24.3 Å². The van der Waals surface area contributed by atoms with E-state index in [4.69, 9.17) is 14.6 Å². The Morgan fingerprint density at radius 1 is 1.09 bits per heavy atom. The van der Waals surface area contributed by atoms with Crippen molar-refractivity contribution in [1.82, 2.24) is 0 Å². The van der Waals surface area contributed by atoms with E-state index < -0.39 is 5.97 Å².